The molecule has 1 saturated heterocycles. The third kappa shape index (κ3) is 16.6. The predicted octanol–water partition coefficient (Wildman–Crippen LogP) is -9.88. The number of aliphatic imine (C=N–C) groups is 1. The number of hydrogen-bond acceptors (Lipinski definition) is 13. The maximum absolute atomic E-state index is 11.3. The van der Waals surface area contributed by atoms with Gasteiger partial charge >= 0.3 is 59.1 Å². The summed E-state index contributed by atoms with van der Waals surface area (Å²) in [6.45, 7) is 1.44. The van der Waals surface area contributed by atoms with Crippen molar-refractivity contribution < 1.29 is 122 Å². The van der Waals surface area contributed by atoms with Gasteiger partial charge in [0.15, 0.2) is 6.29 Å². The fourth-order valence-corrected chi connectivity index (χ4v) is 2.83. The van der Waals surface area contributed by atoms with Gasteiger partial charge in [0, 0.05) is 0 Å². The first-order chi connectivity index (χ1) is 14.7. The Balaban J connectivity index is 0. The number of aliphatic hydroxyl groups is 3. The molecule has 0 aromatic heterocycles. The first kappa shape index (κ1) is 36.4. The fraction of sp³-hybridized carbons (Fsp3) is 0.938. The minimum absolute atomic E-state index is 0. The van der Waals surface area contributed by atoms with E-state index >= 15 is 0 Å². The Kier molecular flexibility index (Phi) is 22.4. The van der Waals surface area contributed by atoms with Crippen LogP contribution in [0.1, 0.15) is 6.92 Å². The van der Waals surface area contributed by atoms with E-state index in [0.29, 0.717) is 0 Å². The maximum atomic E-state index is 11.3. The summed E-state index contributed by atoms with van der Waals surface area (Å²) in [6.07, 6.45) is -5.06. The van der Waals surface area contributed by atoms with Gasteiger partial charge in [-0.15, -0.1) is 0 Å². The first-order valence-corrected chi connectivity index (χ1v) is 11.0. The van der Waals surface area contributed by atoms with Crippen molar-refractivity contribution in [3.05, 3.63) is 0 Å². The van der Waals surface area contributed by atoms with Gasteiger partial charge in [0.05, 0.1) is 59.5 Å². The number of phosphoric ester groups is 1. The van der Waals surface area contributed by atoms with Crippen LogP contribution in [0.4, 0.5) is 0 Å². The molecule has 0 radical (unpaired) electrons. The van der Waals surface area contributed by atoms with Crippen LogP contribution in [0.3, 0.4) is 0 Å². The van der Waals surface area contributed by atoms with Crippen LogP contribution in [-0.4, -0.2) is 116 Å². The Labute approximate surface area is 236 Å². The van der Waals surface area contributed by atoms with Crippen molar-refractivity contribution in [3.8, 4) is 0 Å². The molecule has 0 aromatic rings. The van der Waals surface area contributed by atoms with Crippen molar-refractivity contribution >= 4 is 13.7 Å². The molecule has 184 valence electrons. The van der Waals surface area contributed by atoms with Crippen molar-refractivity contribution in [2.75, 3.05) is 59.5 Å². The van der Waals surface area contributed by atoms with Gasteiger partial charge in [-0.1, -0.05) is 0 Å². The molecule has 6 atom stereocenters. The Morgan fingerprint density at radius 2 is 1.45 bits per heavy atom. The number of hydrogen-bond donors (Lipinski definition) is 4. The van der Waals surface area contributed by atoms with Crippen LogP contribution in [0.2, 0.25) is 0 Å². The summed E-state index contributed by atoms with van der Waals surface area (Å²) in [4.78, 5) is 22.4. The van der Waals surface area contributed by atoms with Gasteiger partial charge in [0.25, 0.3) is 7.82 Å². The average molecular weight is 521 g/mol. The molecule has 0 spiro atoms. The quantitative estimate of drug-likeness (QED) is 0.0489. The normalized spacial score (nSPS) is 27.3. The largest absolute Gasteiger partial charge is 1.00 e. The van der Waals surface area contributed by atoms with Crippen molar-refractivity contribution in [2.45, 2.75) is 37.6 Å². The summed E-state index contributed by atoms with van der Waals surface area (Å²) < 4.78 is 40.8. The van der Waals surface area contributed by atoms with E-state index in [4.69, 9.17) is 28.6 Å². The third-order valence-corrected chi connectivity index (χ3v) is 4.42. The van der Waals surface area contributed by atoms with E-state index in [9.17, 15) is 29.9 Å². The number of rotatable bonds is 16. The molecule has 33 heavy (non-hydrogen) atoms. The molecule has 1 heterocycles. The van der Waals surface area contributed by atoms with Crippen molar-refractivity contribution in [3.63, 3.8) is 0 Å². The van der Waals surface area contributed by atoms with Crippen LogP contribution in [-0.2, 0) is 32.8 Å². The van der Waals surface area contributed by atoms with Crippen LogP contribution < -0.4 is 69.1 Å². The summed E-state index contributed by atoms with van der Waals surface area (Å²) in [5.41, 5.74) is 0. The Bertz CT molecular complexity index is 567. The minimum atomic E-state index is -4.73. The molecule has 1 fully saturated rings. The van der Waals surface area contributed by atoms with E-state index in [1.54, 1.807) is 0 Å². The third-order valence-electron chi connectivity index (χ3n) is 3.92. The Morgan fingerprint density at radius 3 is 1.91 bits per heavy atom. The fourth-order valence-electron chi connectivity index (χ4n) is 2.53. The van der Waals surface area contributed by atoms with Gasteiger partial charge in [0.1, 0.15) is 24.4 Å². The van der Waals surface area contributed by atoms with Gasteiger partial charge in [-0.3, -0.25) is 9.56 Å². The monoisotopic (exact) mass is 521 g/mol. The van der Waals surface area contributed by atoms with Gasteiger partial charge in [-0.25, -0.2) is 0 Å². The zero-order chi connectivity index (χ0) is 23.3. The molecule has 0 aromatic carbocycles. The van der Waals surface area contributed by atoms with Gasteiger partial charge in [-0.05, 0) is 12.8 Å². The molecule has 1 unspecified atom stereocenters. The molecule has 17 heteroatoms. The molecule has 0 amide bonds. The van der Waals surface area contributed by atoms with E-state index < -0.39 is 51.0 Å². The molecule has 1 rings (SSSR count). The van der Waals surface area contributed by atoms with E-state index in [1.807, 2.05) is 0 Å². The SMILES string of the molecule is CC([O-])=N[C@@H]1[C@@H](OCCOCCOCCOCCOP(=O)([O-])O)O[C@H](CO)[C@@H](O)[C@@H]1O.[Na+].[Na+]. The number of nitrogens with zero attached hydrogens (tertiary/aromatic N) is 1. The topological polar surface area (TPSA) is 212 Å². The second-order valence-electron chi connectivity index (χ2n) is 6.36. The molecule has 14 nitrogen and oxygen atoms in total. The number of aliphatic hydroxyl groups excluding tert-OH is 3. The molecule has 0 saturated carbocycles. The first-order valence-electron chi connectivity index (χ1n) is 9.52. The Morgan fingerprint density at radius 1 is 0.970 bits per heavy atom. The smallest absolute Gasteiger partial charge is 0.862 e. The summed E-state index contributed by atoms with van der Waals surface area (Å²) >= 11 is 0. The molecule has 0 bridgehead atoms. The predicted molar refractivity (Wildman–Crippen MR) is 98.8 cm³/mol. The Hall–Kier alpha value is 1.26. The van der Waals surface area contributed by atoms with Crippen LogP contribution in [0, 0.1) is 0 Å². The molecule has 4 N–H and O–H groups in total. The molecule has 0 aliphatic carbocycles. The van der Waals surface area contributed by atoms with Crippen molar-refractivity contribution in [1.29, 1.82) is 0 Å². The van der Waals surface area contributed by atoms with Gasteiger partial charge in [0.2, 0.25) is 0 Å². The van der Waals surface area contributed by atoms with Crippen LogP contribution in [0.25, 0.3) is 0 Å². The van der Waals surface area contributed by atoms with Gasteiger partial charge in [-0.2, -0.15) is 0 Å². The zero-order valence-corrected chi connectivity index (χ0v) is 24.0. The second kappa shape index (κ2) is 20.3. The van der Waals surface area contributed by atoms with Gasteiger partial charge < -0.3 is 58.4 Å². The van der Waals surface area contributed by atoms with Crippen LogP contribution in [0.15, 0.2) is 4.99 Å². The van der Waals surface area contributed by atoms with E-state index in [2.05, 4.69) is 9.52 Å². The summed E-state index contributed by atoms with van der Waals surface area (Å²) in [6, 6.07) is -1.14. The van der Waals surface area contributed by atoms with E-state index in [1.165, 1.54) is 6.92 Å². The minimum Gasteiger partial charge on any atom is -0.862 e. The number of phosphoric acid groups is 1. The summed E-state index contributed by atoms with van der Waals surface area (Å²) in [7, 11) is -4.73. The second-order valence-corrected chi connectivity index (χ2v) is 7.55. The maximum Gasteiger partial charge on any atom is 1.00 e. The van der Waals surface area contributed by atoms with Crippen molar-refractivity contribution in [2.24, 2.45) is 4.99 Å². The average Bonchev–Trinajstić information content (AvgIpc) is 2.69. The molecular weight excluding hydrogens is 491 g/mol. The molecular formula is C16H30NNa2O13P. The molecule has 1 aliphatic heterocycles. The van der Waals surface area contributed by atoms with Crippen LogP contribution >= 0.6 is 7.82 Å². The standard InChI is InChI=1S/C16H32NO13P.2Na/c1-11(19)17-13-15(21)14(20)12(10-18)30-16(13)28-8-6-26-4-2-25-3-5-27-7-9-29-31(22,23)24;;/h12-16,18,20-21H,2-10H2,1H3,(H,17,19)(H2,22,23,24);;/q;2*+1/p-2/t12-,13+,14-,15-,16+;;/m1../s1. The van der Waals surface area contributed by atoms with Crippen LogP contribution in [0.5, 0.6) is 0 Å². The van der Waals surface area contributed by atoms with E-state index in [-0.39, 0.29) is 112 Å². The number of ether oxygens (including phenoxy) is 5. The van der Waals surface area contributed by atoms with E-state index in [0.717, 1.165) is 0 Å². The van der Waals surface area contributed by atoms with Crippen molar-refractivity contribution in [1.82, 2.24) is 0 Å². The zero-order valence-electron chi connectivity index (χ0n) is 19.1. The summed E-state index contributed by atoms with van der Waals surface area (Å²) in [5, 5.41) is 40.5. The summed E-state index contributed by atoms with van der Waals surface area (Å²) in [5.74, 6) is -0.570. The molecule has 1 aliphatic rings.